The van der Waals surface area contributed by atoms with Crippen LogP contribution in [0.1, 0.15) is 0 Å². The molecule has 0 saturated heterocycles. The van der Waals surface area contributed by atoms with E-state index in [-0.39, 0.29) is 0 Å². The fourth-order valence-corrected chi connectivity index (χ4v) is 0.927. The number of hydrogen-bond acceptors (Lipinski definition) is 5. The minimum Gasteiger partial charge on any atom is -0.358 e. The van der Waals surface area contributed by atoms with Crippen molar-refractivity contribution >= 4 is 11.2 Å². The van der Waals surface area contributed by atoms with Gasteiger partial charge in [0.15, 0.2) is 0 Å². The molecule has 0 atom stereocenters. The summed E-state index contributed by atoms with van der Waals surface area (Å²) < 4.78 is 0. The maximum Gasteiger partial charge on any atom is 0.315 e. The lowest BCUT2D eigenvalue weighted by atomic mass is 10.4. The number of hydrogen-bond donors (Lipinski definition) is 0. The zero-order valence-electron chi connectivity index (χ0n) is 7.88. The van der Waals surface area contributed by atoms with Crippen molar-refractivity contribution < 1.29 is 4.84 Å². The molecule has 0 amide bonds. The Morgan fingerprint density at radius 2 is 2.36 bits per heavy atom. The second-order valence-electron chi connectivity index (χ2n) is 2.89. The predicted molar refractivity (Wildman–Crippen MR) is 48.8 cm³/mol. The van der Waals surface area contributed by atoms with Crippen molar-refractivity contribution in [3.63, 3.8) is 0 Å². The molecule has 2 rings (SSSR count). The Morgan fingerprint density at radius 3 is 3.14 bits per heavy atom. The number of rotatable bonds is 3. The first-order chi connectivity index (χ1) is 6.77. The summed E-state index contributed by atoms with van der Waals surface area (Å²) in [5.41, 5.74) is 1.26. The van der Waals surface area contributed by atoms with Gasteiger partial charge in [-0.1, -0.05) is 4.85 Å². The molecule has 0 aliphatic carbocycles. The molecule has 2 aromatic rings. The first-order valence-corrected chi connectivity index (χ1v) is 4.04. The molecule has 0 aliphatic rings. The molecule has 6 heteroatoms. The van der Waals surface area contributed by atoms with Crippen molar-refractivity contribution in [1.82, 2.24) is 25.0 Å². The molecule has 0 spiro atoms. The van der Waals surface area contributed by atoms with Gasteiger partial charge in [-0.3, -0.25) is 4.90 Å². The van der Waals surface area contributed by atoms with E-state index in [9.17, 15) is 0 Å². The van der Waals surface area contributed by atoms with E-state index in [1.165, 1.54) is 4.85 Å². The van der Waals surface area contributed by atoms with Gasteiger partial charge in [0.1, 0.15) is 5.52 Å². The van der Waals surface area contributed by atoms with Crippen LogP contribution in [0.15, 0.2) is 18.3 Å². The quantitative estimate of drug-likeness (QED) is 0.629. The molecule has 0 N–H and O–H groups in total. The van der Waals surface area contributed by atoms with Gasteiger partial charge < -0.3 is 4.84 Å². The van der Waals surface area contributed by atoms with Crippen LogP contribution in [0.25, 0.3) is 11.2 Å². The highest BCUT2D eigenvalue weighted by Gasteiger charge is 2.06. The fraction of sp³-hybridized carbons (Fsp3) is 0.250. The van der Waals surface area contributed by atoms with E-state index < -0.39 is 0 Å². The van der Waals surface area contributed by atoms with E-state index in [4.69, 9.17) is 4.84 Å². The third-order valence-electron chi connectivity index (χ3n) is 1.49. The molecule has 0 unspecified atom stereocenters. The zero-order chi connectivity index (χ0) is 9.97. The van der Waals surface area contributed by atoms with Crippen molar-refractivity contribution in [3.05, 3.63) is 25.1 Å². The summed E-state index contributed by atoms with van der Waals surface area (Å²) in [4.78, 5) is 12.0. The number of nitrogens with zero attached hydrogens (tertiary/aromatic N) is 5. The molecule has 2 aromatic heterocycles. The third-order valence-corrected chi connectivity index (χ3v) is 1.49. The topological polar surface area (TPSA) is 56.1 Å². The monoisotopic (exact) mass is 191 g/mol. The minimum absolute atomic E-state index is 0.571. The average molecular weight is 191 g/mol. The Balaban J connectivity index is 2.25. The number of pyridine rings is 1. The third kappa shape index (κ3) is 1.64. The number of fused-ring (bicyclic) bond motifs is 1. The lowest BCUT2D eigenvalue weighted by Gasteiger charge is -2.06. The van der Waals surface area contributed by atoms with Crippen LogP contribution in [0.5, 0.6) is 0 Å². The highest BCUT2D eigenvalue weighted by atomic mass is 16.7. The summed E-state index contributed by atoms with van der Waals surface area (Å²) in [6.07, 6.45) is 1.65. The van der Waals surface area contributed by atoms with Crippen LogP contribution in [0.4, 0.5) is 0 Å². The Kier molecular flexibility index (Phi) is 2.28. The molecule has 0 bridgehead atoms. The summed E-state index contributed by atoms with van der Waals surface area (Å²) in [5.74, 6) is 0. The van der Waals surface area contributed by atoms with Crippen LogP contribution in [-0.2, 0) is 0 Å². The SMILES string of the molecule is CN(C)[C]On1nnc2cccnc21. The maximum absolute atomic E-state index is 5.08. The molecular weight excluding hydrogens is 182 g/mol. The van der Waals surface area contributed by atoms with Gasteiger partial charge in [-0.15, -0.1) is 5.10 Å². The van der Waals surface area contributed by atoms with Crippen LogP contribution < -0.4 is 4.84 Å². The van der Waals surface area contributed by atoms with Crippen molar-refractivity contribution in [2.45, 2.75) is 0 Å². The van der Waals surface area contributed by atoms with Crippen molar-refractivity contribution in [2.75, 3.05) is 14.1 Å². The molecule has 0 saturated carbocycles. The lowest BCUT2D eigenvalue weighted by Crippen LogP contribution is -2.20. The highest BCUT2D eigenvalue weighted by molar-refractivity contribution is 5.68. The second kappa shape index (κ2) is 3.59. The summed E-state index contributed by atoms with van der Waals surface area (Å²) >= 11 is 0. The molecule has 2 heterocycles. The Hall–Kier alpha value is -1.69. The van der Waals surface area contributed by atoms with Crippen molar-refractivity contribution in [1.29, 1.82) is 0 Å². The van der Waals surface area contributed by atoms with Gasteiger partial charge in [-0.25, -0.2) is 4.98 Å². The molecule has 0 aromatic carbocycles. The zero-order valence-corrected chi connectivity index (χ0v) is 7.88. The van der Waals surface area contributed by atoms with E-state index in [1.807, 2.05) is 6.07 Å². The fourth-order valence-electron chi connectivity index (χ4n) is 0.927. The normalized spacial score (nSPS) is 11.1. The number of aromatic nitrogens is 4. The lowest BCUT2D eigenvalue weighted by molar-refractivity contribution is 0.0859. The first kappa shape index (κ1) is 8.89. The van der Waals surface area contributed by atoms with Crippen LogP contribution in [0.2, 0.25) is 0 Å². The summed E-state index contributed by atoms with van der Waals surface area (Å²) in [6.45, 7) is 2.59. The molecule has 0 fully saturated rings. The van der Waals surface area contributed by atoms with Gasteiger partial charge in [-0.2, -0.15) is 0 Å². The smallest absolute Gasteiger partial charge is 0.315 e. The van der Waals surface area contributed by atoms with Gasteiger partial charge in [0.05, 0.1) is 0 Å². The van der Waals surface area contributed by atoms with Crippen molar-refractivity contribution in [3.8, 4) is 0 Å². The molecule has 6 nitrogen and oxygen atoms in total. The summed E-state index contributed by atoms with van der Waals surface area (Å²) in [7, 11) is 3.60. The minimum atomic E-state index is 0.571. The van der Waals surface area contributed by atoms with Crippen LogP contribution >= 0.6 is 0 Å². The van der Waals surface area contributed by atoms with Crippen LogP contribution in [0, 0.1) is 6.73 Å². The van der Waals surface area contributed by atoms with E-state index >= 15 is 0 Å². The van der Waals surface area contributed by atoms with Gasteiger partial charge in [-0.05, 0) is 31.4 Å². The molecular formula is C8H9N5O. The summed E-state index contributed by atoms with van der Waals surface area (Å²) in [6, 6.07) is 3.60. The van der Waals surface area contributed by atoms with E-state index in [0.29, 0.717) is 11.2 Å². The Labute approximate surface area is 81.1 Å². The summed E-state index contributed by atoms with van der Waals surface area (Å²) in [5, 5.41) is 7.62. The highest BCUT2D eigenvalue weighted by Crippen LogP contribution is 2.04. The maximum atomic E-state index is 5.08. The van der Waals surface area contributed by atoms with Crippen molar-refractivity contribution in [2.24, 2.45) is 0 Å². The predicted octanol–water partition coefficient (Wildman–Crippen LogP) is -0.187. The first-order valence-electron chi connectivity index (χ1n) is 4.04. The molecule has 72 valence electrons. The van der Waals surface area contributed by atoms with Gasteiger partial charge in [0, 0.05) is 6.20 Å². The second-order valence-corrected chi connectivity index (χ2v) is 2.89. The largest absolute Gasteiger partial charge is 0.358 e. The molecule has 0 aliphatic heterocycles. The van der Waals surface area contributed by atoms with Gasteiger partial charge in [0.2, 0.25) is 5.65 Å². The standard InChI is InChI=1S/C8H9N5O/c1-12(2)6-14-13-8-7(10-11-13)4-3-5-9-8/h3-5H,1-2H3. The van der Waals surface area contributed by atoms with E-state index in [0.717, 1.165) is 0 Å². The van der Waals surface area contributed by atoms with Crippen LogP contribution in [0.3, 0.4) is 0 Å². The van der Waals surface area contributed by atoms with E-state index in [2.05, 4.69) is 22.0 Å². The molecule has 14 heavy (non-hydrogen) atoms. The van der Waals surface area contributed by atoms with Gasteiger partial charge >= 0.3 is 6.73 Å². The van der Waals surface area contributed by atoms with Crippen LogP contribution in [-0.4, -0.2) is 39.1 Å². The average Bonchev–Trinajstić information content (AvgIpc) is 2.58. The molecule has 2 radical (unpaired) electrons. The Bertz CT molecular complexity index is 424. The van der Waals surface area contributed by atoms with E-state index in [1.54, 1.807) is 31.3 Å². The Morgan fingerprint density at radius 1 is 1.50 bits per heavy atom. The van der Waals surface area contributed by atoms with Gasteiger partial charge in [0.25, 0.3) is 0 Å².